The Hall–Kier alpha value is -2.28. The Bertz CT molecular complexity index is 596. The van der Waals surface area contributed by atoms with Crippen LogP contribution >= 0.6 is 0 Å². The Kier molecular flexibility index (Phi) is 8.21. The van der Waals surface area contributed by atoms with Crippen LogP contribution in [0.15, 0.2) is 18.2 Å². The molecular formula is C19H26O7. The van der Waals surface area contributed by atoms with E-state index < -0.39 is 0 Å². The van der Waals surface area contributed by atoms with Gasteiger partial charge in [0.05, 0.1) is 20.3 Å². The lowest BCUT2D eigenvalue weighted by atomic mass is 10.1. The fourth-order valence-electron chi connectivity index (χ4n) is 2.36. The summed E-state index contributed by atoms with van der Waals surface area (Å²) >= 11 is 0. The summed E-state index contributed by atoms with van der Waals surface area (Å²) < 4.78 is 20.4. The largest absolute Gasteiger partial charge is 0.504 e. The maximum atomic E-state index is 11.8. The third-order valence-electron chi connectivity index (χ3n) is 3.94. The summed E-state index contributed by atoms with van der Waals surface area (Å²) in [6.07, 6.45) is 3.26. The van der Waals surface area contributed by atoms with Gasteiger partial charge in [0.25, 0.3) is 0 Å². The number of unbranched alkanes of at least 4 members (excludes halogenated alkanes) is 1. The number of methoxy groups -OCH3 is 1. The van der Waals surface area contributed by atoms with Crippen molar-refractivity contribution in [3.63, 3.8) is 0 Å². The third-order valence-corrected chi connectivity index (χ3v) is 3.94. The molecule has 0 spiro atoms. The van der Waals surface area contributed by atoms with Crippen molar-refractivity contribution in [2.45, 2.75) is 44.6 Å². The number of esters is 1. The minimum absolute atomic E-state index is 0.0178. The van der Waals surface area contributed by atoms with Crippen LogP contribution in [0, 0.1) is 0 Å². The molecular weight excluding hydrogens is 340 g/mol. The van der Waals surface area contributed by atoms with Crippen LogP contribution in [0.3, 0.4) is 0 Å². The molecule has 1 atom stereocenters. The smallest absolute Gasteiger partial charge is 0.305 e. The number of rotatable bonds is 13. The highest BCUT2D eigenvalue weighted by molar-refractivity contribution is 5.78. The number of Topliss-reactive ketones (excluding diaryl/α,β-unsaturated/α-hetero) is 1. The van der Waals surface area contributed by atoms with E-state index in [2.05, 4.69) is 0 Å². The number of carbonyl (C=O) groups excluding carboxylic acids is 2. The monoisotopic (exact) mass is 366 g/mol. The number of hydrogen-bond acceptors (Lipinski definition) is 7. The average Bonchev–Trinajstić information content (AvgIpc) is 3.45. The maximum absolute atomic E-state index is 11.8. The van der Waals surface area contributed by atoms with Crippen molar-refractivity contribution < 1.29 is 33.6 Å². The van der Waals surface area contributed by atoms with Crippen molar-refractivity contribution in [2.24, 2.45) is 0 Å². The quantitative estimate of drug-likeness (QED) is 0.326. The van der Waals surface area contributed by atoms with Crippen LogP contribution < -0.4 is 9.47 Å². The standard InChI is InChI=1S/C19H26O7/c1-23-18-9-8-15(11-17(18)21)24-10-4-6-14(20)5-2-3-7-19(22)26-13-16-12-25-16/h8-9,11,16,21H,2-7,10,12-13H2,1H3. The van der Waals surface area contributed by atoms with Crippen molar-refractivity contribution in [3.8, 4) is 17.2 Å². The van der Waals surface area contributed by atoms with Gasteiger partial charge in [-0.2, -0.15) is 0 Å². The normalized spacial score (nSPS) is 15.3. The summed E-state index contributed by atoms with van der Waals surface area (Å²) in [5.74, 6) is 0.863. The number of phenolic OH excluding ortho intramolecular Hbond substituents is 1. The van der Waals surface area contributed by atoms with Crippen molar-refractivity contribution in [1.29, 1.82) is 0 Å². The molecule has 7 nitrogen and oxygen atoms in total. The van der Waals surface area contributed by atoms with Crippen molar-refractivity contribution >= 4 is 11.8 Å². The molecule has 7 heteroatoms. The van der Waals surface area contributed by atoms with Gasteiger partial charge in [0.2, 0.25) is 0 Å². The molecule has 0 aliphatic carbocycles. The fraction of sp³-hybridized carbons (Fsp3) is 0.579. The van der Waals surface area contributed by atoms with E-state index >= 15 is 0 Å². The zero-order chi connectivity index (χ0) is 18.8. The summed E-state index contributed by atoms with van der Waals surface area (Å²) in [6, 6.07) is 4.81. The van der Waals surface area contributed by atoms with E-state index in [0.717, 1.165) is 0 Å². The van der Waals surface area contributed by atoms with Gasteiger partial charge < -0.3 is 24.1 Å². The highest BCUT2D eigenvalue weighted by Crippen LogP contribution is 2.29. The Morgan fingerprint density at radius 2 is 1.92 bits per heavy atom. The van der Waals surface area contributed by atoms with E-state index in [-0.39, 0.29) is 23.6 Å². The molecule has 1 N–H and O–H groups in total. The Morgan fingerprint density at radius 1 is 1.19 bits per heavy atom. The van der Waals surface area contributed by atoms with Gasteiger partial charge in [-0.3, -0.25) is 9.59 Å². The molecule has 1 aromatic rings. The SMILES string of the molecule is COc1ccc(OCCCC(=O)CCCCC(=O)OCC2CO2)cc1O. The molecule has 1 heterocycles. The number of carbonyl (C=O) groups is 2. The number of phenols is 1. The first-order chi connectivity index (χ1) is 12.6. The van der Waals surface area contributed by atoms with Gasteiger partial charge in [0.1, 0.15) is 24.2 Å². The molecule has 1 fully saturated rings. The lowest BCUT2D eigenvalue weighted by molar-refractivity contribution is -0.144. The van der Waals surface area contributed by atoms with Gasteiger partial charge in [-0.15, -0.1) is 0 Å². The average molecular weight is 366 g/mol. The van der Waals surface area contributed by atoms with Gasteiger partial charge >= 0.3 is 5.97 Å². The predicted octanol–water partition coefficient (Wildman–Crippen LogP) is 2.63. The Labute approximate surface area is 153 Å². The van der Waals surface area contributed by atoms with Gasteiger partial charge in [-0.05, 0) is 31.4 Å². The molecule has 0 radical (unpaired) electrons. The second kappa shape index (κ2) is 10.7. The molecule has 1 aromatic carbocycles. The van der Waals surface area contributed by atoms with Crippen LogP contribution in [-0.2, 0) is 19.1 Å². The zero-order valence-electron chi connectivity index (χ0n) is 15.1. The first-order valence-corrected chi connectivity index (χ1v) is 8.87. The Balaban J connectivity index is 1.48. The summed E-state index contributed by atoms with van der Waals surface area (Å²) in [5.41, 5.74) is 0. The number of hydrogen-bond donors (Lipinski definition) is 1. The van der Waals surface area contributed by atoms with E-state index in [1.54, 1.807) is 12.1 Å². The number of benzene rings is 1. The van der Waals surface area contributed by atoms with Gasteiger partial charge in [0, 0.05) is 25.3 Å². The zero-order valence-corrected chi connectivity index (χ0v) is 15.1. The topological polar surface area (TPSA) is 94.6 Å². The summed E-state index contributed by atoms with van der Waals surface area (Å²) in [7, 11) is 1.48. The molecule has 26 heavy (non-hydrogen) atoms. The lowest BCUT2D eigenvalue weighted by Gasteiger charge is -2.08. The van der Waals surface area contributed by atoms with Crippen molar-refractivity contribution in [3.05, 3.63) is 18.2 Å². The van der Waals surface area contributed by atoms with Crippen LogP contribution in [0.4, 0.5) is 0 Å². The van der Waals surface area contributed by atoms with Crippen LogP contribution in [0.2, 0.25) is 0 Å². The van der Waals surface area contributed by atoms with Crippen molar-refractivity contribution in [1.82, 2.24) is 0 Å². The minimum Gasteiger partial charge on any atom is -0.504 e. The van der Waals surface area contributed by atoms with Crippen LogP contribution in [0.1, 0.15) is 38.5 Å². The van der Waals surface area contributed by atoms with E-state index in [4.69, 9.17) is 18.9 Å². The molecule has 144 valence electrons. The number of epoxide rings is 1. The molecule has 0 bridgehead atoms. The first kappa shape index (κ1) is 20.0. The van der Waals surface area contributed by atoms with Crippen molar-refractivity contribution in [2.75, 3.05) is 26.9 Å². The first-order valence-electron chi connectivity index (χ1n) is 8.87. The number of ether oxygens (including phenoxy) is 4. The van der Waals surface area contributed by atoms with E-state index in [1.807, 2.05) is 0 Å². The maximum Gasteiger partial charge on any atom is 0.305 e. The second-order valence-corrected chi connectivity index (χ2v) is 6.17. The highest BCUT2D eigenvalue weighted by Gasteiger charge is 2.23. The van der Waals surface area contributed by atoms with Crippen LogP contribution in [0.25, 0.3) is 0 Å². The third kappa shape index (κ3) is 7.74. The molecule has 1 aliphatic rings. The van der Waals surface area contributed by atoms with Crippen LogP contribution in [0.5, 0.6) is 17.2 Å². The second-order valence-electron chi connectivity index (χ2n) is 6.17. The van der Waals surface area contributed by atoms with E-state index in [0.29, 0.717) is 69.8 Å². The summed E-state index contributed by atoms with van der Waals surface area (Å²) in [6.45, 7) is 1.40. The molecule has 1 unspecified atom stereocenters. The minimum atomic E-state index is -0.232. The summed E-state index contributed by atoms with van der Waals surface area (Å²) in [5, 5.41) is 9.66. The van der Waals surface area contributed by atoms with Gasteiger partial charge in [-0.1, -0.05) is 0 Å². The van der Waals surface area contributed by atoms with Gasteiger partial charge in [-0.25, -0.2) is 0 Å². The summed E-state index contributed by atoms with van der Waals surface area (Å²) in [4.78, 5) is 23.2. The van der Waals surface area contributed by atoms with Crippen LogP contribution in [-0.4, -0.2) is 49.9 Å². The lowest BCUT2D eigenvalue weighted by Crippen LogP contribution is -2.09. The molecule has 0 saturated carbocycles. The molecule has 1 aliphatic heterocycles. The molecule has 0 aromatic heterocycles. The molecule has 1 saturated heterocycles. The Morgan fingerprint density at radius 3 is 2.62 bits per heavy atom. The fourth-order valence-corrected chi connectivity index (χ4v) is 2.36. The highest BCUT2D eigenvalue weighted by atomic mass is 16.6. The number of aromatic hydroxyl groups is 1. The predicted molar refractivity (Wildman–Crippen MR) is 93.6 cm³/mol. The number of ketones is 1. The molecule has 2 rings (SSSR count). The molecule has 0 amide bonds. The van der Waals surface area contributed by atoms with E-state index in [1.165, 1.54) is 13.2 Å². The van der Waals surface area contributed by atoms with Gasteiger partial charge in [0.15, 0.2) is 11.5 Å². The van der Waals surface area contributed by atoms with E-state index in [9.17, 15) is 14.7 Å².